The van der Waals surface area contributed by atoms with Gasteiger partial charge in [0.25, 0.3) is 0 Å². The molecule has 148 valence electrons. The van der Waals surface area contributed by atoms with Gasteiger partial charge >= 0.3 is 5.69 Å². The number of nitro benzene ring substituents is 1. The van der Waals surface area contributed by atoms with Gasteiger partial charge < -0.3 is 14.8 Å². The second-order valence-electron chi connectivity index (χ2n) is 6.09. The van der Waals surface area contributed by atoms with Gasteiger partial charge in [0.2, 0.25) is 5.91 Å². The predicted molar refractivity (Wildman–Crippen MR) is 103 cm³/mol. The van der Waals surface area contributed by atoms with E-state index in [2.05, 4.69) is 5.32 Å². The van der Waals surface area contributed by atoms with Crippen LogP contribution < -0.4 is 14.8 Å². The fraction of sp³-hybridized carbons (Fsp3) is 0.300. The lowest BCUT2D eigenvalue weighted by Crippen LogP contribution is -2.21. The van der Waals surface area contributed by atoms with Crippen molar-refractivity contribution in [3.8, 4) is 11.5 Å². The first-order valence-corrected chi connectivity index (χ1v) is 8.72. The molecular weight excluding hydrogens is 364 g/mol. The molecule has 8 heteroatoms. The van der Waals surface area contributed by atoms with Crippen LogP contribution in [0.1, 0.15) is 29.3 Å². The number of rotatable bonds is 10. The van der Waals surface area contributed by atoms with E-state index in [1.165, 1.54) is 32.2 Å². The third-order valence-electron chi connectivity index (χ3n) is 4.01. The molecule has 0 aliphatic heterocycles. The van der Waals surface area contributed by atoms with Crippen molar-refractivity contribution in [1.82, 2.24) is 5.32 Å². The molecule has 0 fully saturated rings. The quantitative estimate of drug-likeness (QED) is 0.291. The average Bonchev–Trinajstić information content (AvgIpc) is 2.69. The van der Waals surface area contributed by atoms with Crippen LogP contribution in [0.25, 0.3) is 0 Å². The first-order chi connectivity index (χ1) is 13.4. The Kier molecular flexibility index (Phi) is 7.50. The summed E-state index contributed by atoms with van der Waals surface area (Å²) in [5, 5.41) is 13.9. The lowest BCUT2D eigenvalue weighted by atomic mass is 10.1. The highest BCUT2D eigenvalue weighted by molar-refractivity contribution is 5.97. The Labute approximate surface area is 162 Å². The zero-order valence-electron chi connectivity index (χ0n) is 15.8. The molecule has 0 saturated carbocycles. The number of Topliss-reactive ketones (excluding diaryl/α,β-unsaturated/α-hetero) is 1. The van der Waals surface area contributed by atoms with Crippen LogP contribution in [0.4, 0.5) is 5.69 Å². The van der Waals surface area contributed by atoms with Gasteiger partial charge in [0.1, 0.15) is 5.75 Å². The second kappa shape index (κ2) is 10.1. The van der Waals surface area contributed by atoms with E-state index in [-0.39, 0.29) is 29.7 Å². The van der Waals surface area contributed by atoms with E-state index in [0.717, 1.165) is 18.4 Å². The summed E-state index contributed by atoms with van der Waals surface area (Å²) in [5.41, 5.74) is 1.25. The van der Waals surface area contributed by atoms with E-state index in [1.807, 2.05) is 12.1 Å². The van der Waals surface area contributed by atoms with Crippen LogP contribution in [0.5, 0.6) is 11.5 Å². The Morgan fingerprint density at radius 2 is 1.86 bits per heavy atom. The summed E-state index contributed by atoms with van der Waals surface area (Å²) < 4.78 is 10.3. The van der Waals surface area contributed by atoms with Crippen LogP contribution in [0.15, 0.2) is 42.5 Å². The molecule has 0 unspecified atom stereocenters. The second-order valence-corrected chi connectivity index (χ2v) is 6.09. The molecule has 0 aliphatic rings. The topological polar surface area (TPSA) is 108 Å². The molecule has 2 rings (SSSR count). The number of hydrogen-bond donors (Lipinski definition) is 1. The Balaban J connectivity index is 1.93. The molecule has 0 radical (unpaired) electrons. The molecule has 0 spiro atoms. The van der Waals surface area contributed by atoms with E-state index in [0.29, 0.717) is 17.9 Å². The van der Waals surface area contributed by atoms with Gasteiger partial charge in [-0.15, -0.1) is 0 Å². The molecule has 0 atom stereocenters. The molecule has 1 amide bonds. The van der Waals surface area contributed by atoms with Crippen LogP contribution in [-0.4, -0.2) is 36.9 Å². The molecular formula is C20H22N2O6. The van der Waals surface area contributed by atoms with Crippen LogP contribution in [0, 0.1) is 10.1 Å². The van der Waals surface area contributed by atoms with Crippen LogP contribution >= 0.6 is 0 Å². The van der Waals surface area contributed by atoms with Gasteiger partial charge in [-0.25, -0.2) is 0 Å². The molecule has 0 saturated heterocycles. The normalized spacial score (nSPS) is 10.2. The summed E-state index contributed by atoms with van der Waals surface area (Å²) >= 11 is 0. The van der Waals surface area contributed by atoms with E-state index in [9.17, 15) is 19.7 Å². The number of carbonyl (C=O) groups excluding carboxylic acids is 2. The molecule has 2 aromatic rings. The van der Waals surface area contributed by atoms with Gasteiger partial charge in [0.05, 0.1) is 18.1 Å². The number of nitro groups is 1. The maximum Gasteiger partial charge on any atom is 0.314 e. The number of methoxy groups -OCH3 is 1. The smallest absolute Gasteiger partial charge is 0.314 e. The number of aryl methyl sites for hydroxylation is 1. The summed E-state index contributed by atoms with van der Waals surface area (Å²) in [4.78, 5) is 33.7. The Morgan fingerprint density at radius 3 is 2.46 bits per heavy atom. The minimum atomic E-state index is -0.585. The number of carbonyl (C=O) groups is 2. The predicted octanol–water partition coefficient (Wildman–Crippen LogP) is 2.93. The minimum Gasteiger partial charge on any atom is -0.496 e. The molecule has 2 aromatic carbocycles. The van der Waals surface area contributed by atoms with Crippen molar-refractivity contribution < 1.29 is 24.0 Å². The van der Waals surface area contributed by atoms with Gasteiger partial charge in [0.15, 0.2) is 18.1 Å². The fourth-order valence-electron chi connectivity index (χ4n) is 2.53. The number of hydrogen-bond acceptors (Lipinski definition) is 6. The van der Waals surface area contributed by atoms with Gasteiger partial charge in [-0.1, -0.05) is 24.3 Å². The lowest BCUT2D eigenvalue weighted by molar-refractivity contribution is -0.385. The Morgan fingerprint density at radius 1 is 1.14 bits per heavy atom. The molecule has 0 aromatic heterocycles. The maximum atomic E-state index is 12.3. The first kappa shape index (κ1) is 20.9. The van der Waals surface area contributed by atoms with Crippen LogP contribution in [0.2, 0.25) is 0 Å². The SMILES string of the molecule is COc1ccc(OCC(=O)c2ccc(CCCNC(C)=O)cc2)c([N+](=O)[O-])c1. The van der Waals surface area contributed by atoms with E-state index < -0.39 is 4.92 Å². The highest BCUT2D eigenvalue weighted by Crippen LogP contribution is 2.31. The minimum absolute atomic E-state index is 0.00809. The summed E-state index contributed by atoms with van der Waals surface area (Å²) in [7, 11) is 1.41. The summed E-state index contributed by atoms with van der Waals surface area (Å²) in [6.07, 6.45) is 1.58. The highest BCUT2D eigenvalue weighted by Gasteiger charge is 2.18. The van der Waals surface area contributed by atoms with Gasteiger partial charge in [-0.2, -0.15) is 0 Å². The first-order valence-electron chi connectivity index (χ1n) is 8.72. The van der Waals surface area contributed by atoms with Crippen LogP contribution in [0.3, 0.4) is 0 Å². The third kappa shape index (κ3) is 6.08. The number of nitrogens with zero attached hydrogens (tertiary/aromatic N) is 1. The third-order valence-corrected chi connectivity index (χ3v) is 4.01. The zero-order valence-corrected chi connectivity index (χ0v) is 15.8. The molecule has 8 nitrogen and oxygen atoms in total. The van der Waals surface area contributed by atoms with Crippen molar-refractivity contribution in [2.75, 3.05) is 20.3 Å². The molecule has 0 heterocycles. The van der Waals surface area contributed by atoms with Crippen molar-refractivity contribution in [1.29, 1.82) is 0 Å². The fourth-order valence-corrected chi connectivity index (χ4v) is 2.53. The molecule has 1 N–H and O–H groups in total. The molecule has 0 aliphatic carbocycles. The van der Waals surface area contributed by atoms with Crippen molar-refractivity contribution in [3.63, 3.8) is 0 Å². The number of ketones is 1. The zero-order chi connectivity index (χ0) is 20.5. The van der Waals surface area contributed by atoms with E-state index in [4.69, 9.17) is 9.47 Å². The molecule has 28 heavy (non-hydrogen) atoms. The number of ether oxygens (including phenoxy) is 2. The summed E-state index contributed by atoms with van der Waals surface area (Å²) in [5.74, 6) is 0.00108. The standard InChI is InChI=1S/C20H22N2O6/c1-14(23)21-11-3-4-15-5-7-16(8-6-15)19(24)13-28-20-10-9-17(27-2)12-18(20)22(25)26/h5-10,12H,3-4,11,13H2,1-2H3,(H,21,23). The van der Waals surface area contributed by atoms with Crippen molar-refractivity contribution in [2.45, 2.75) is 19.8 Å². The van der Waals surface area contributed by atoms with Crippen molar-refractivity contribution in [2.24, 2.45) is 0 Å². The summed E-state index contributed by atoms with van der Waals surface area (Å²) in [6.45, 7) is 1.77. The van der Waals surface area contributed by atoms with Crippen molar-refractivity contribution >= 4 is 17.4 Å². The maximum absolute atomic E-state index is 12.3. The van der Waals surface area contributed by atoms with Gasteiger partial charge in [-0.3, -0.25) is 19.7 Å². The molecule has 0 bridgehead atoms. The largest absolute Gasteiger partial charge is 0.496 e. The lowest BCUT2D eigenvalue weighted by Gasteiger charge is -2.08. The Bertz CT molecular complexity index is 848. The Hall–Kier alpha value is -3.42. The van der Waals surface area contributed by atoms with Gasteiger partial charge in [-0.05, 0) is 30.5 Å². The highest BCUT2D eigenvalue weighted by atomic mass is 16.6. The number of nitrogens with one attached hydrogen (secondary N) is 1. The average molecular weight is 386 g/mol. The van der Waals surface area contributed by atoms with Gasteiger partial charge in [0, 0.05) is 19.0 Å². The van der Waals surface area contributed by atoms with Crippen molar-refractivity contribution in [3.05, 3.63) is 63.7 Å². The monoisotopic (exact) mass is 386 g/mol. The number of benzene rings is 2. The van der Waals surface area contributed by atoms with E-state index in [1.54, 1.807) is 12.1 Å². The number of amides is 1. The van der Waals surface area contributed by atoms with Crippen LogP contribution in [-0.2, 0) is 11.2 Å². The summed E-state index contributed by atoms with van der Waals surface area (Å²) in [6, 6.07) is 11.3. The van der Waals surface area contributed by atoms with E-state index >= 15 is 0 Å².